The molecule has 5 nitrogen and oxygen atoms in total. The molecule has 0 spiro atoms. The highest BCUT2D eigenvalue weighted by atomic mass is 16.3. The van der Waals surface area contributed by atoms with Gasteiger partial charge in [0.25, 0.3) is 0 Å². The van der Waals surface area contributed by atoms with E-state index in [1.807, 2.05) is 65.3 Å². The third-order valence-electron chi connectivity index (χ3n) is 3.99. The van der Waals surface area contributed by atoms with Crippen LogP contribution in [0, 0.1) is 0 Å². The molecule has 5 heteroatoms. The number of hydrogen-bond acceptors (Lipinski definition) is 4. The second-order valence-electron chi connectivity index (χ2n) is 5.44. The highest BCUT2D eigenvalue weighted by Crippen LogP contribution is 2.31. The van der Waals surface area contributed by atoms with Gasteiger partial charge in [0.05, 0.1) is 16.7 Å². The molecule has 1 aromatic heterocycles. The molecule has 1 atom stereocenters. The van der Waals surface area contributed by atoms with Crippen LogP contribution < -0.4 is 11.1 Å². The SMILES string of the molecule is Nc1nc2ccccc2n1-c1ccccc1C1(O)C=CC=CN1. The Balaban J connectivity index is 1.98. The predicted octanol–water partition coefficient (Wildman–Crippen LogP) is 2.43. The zero-order valence-corrected chi connectivity index (χ0v) is 12.3. The number of anilines is 1. The maximum absolute atomic E-state index is 11.0. The van der Waals surface area contributed by atoms with E-state index in [-0.39, 0.29) is 0 Å². The van der Waals surface area contributed by atoms with Gasteiger partial charge in [0, 0.05) is 5.56 Å². The molecule has 114 valence electrons. The lowest BCUT2D eigenvalue weighted by Gasteiger charge is -2.29. The van der Waals surface area contributed by atoms with Crippen LogP contribution in [0.3, 0.4) is 0 Å². The van der Waals surface area contributed by atoms with Gasteiger partial charge >= 0.3 is 0 Å². The Morgan fingerprint density at radius 1 is 1.04 bits per heavy atom. The normalized spacial score (nSPS) is 19.9. The average Bonchev–Trinajstić information content (AvgIpc) is 2.91. The van der Waals surface area contributed by atoms with Gasteiger partial charge in [0.15, 0.2) is 5.72 Å². The highest BCUT2D eigenvalue weighted by Gasteiger charge is 2.29. The summed E-state index contributed by atoms with van der Waals surface area (Å²) in [6, 6.07) is 15.3. The summed E-state index contributed by atoms with van der Waals surface area (Å²) < 4.78 is 1.86. The Hall–Kier alpha value is -3.05. The summed E-state index contributed by atoms with van der Waals surface area (Å²) in [5, 5.41) is 14.0. The summed E-state index contributed by atoms with van der Waals surface area (Å²) in [4.78, 5) is 4.41. The number of dihydropyridines is 1. The number of aliphatic hydroxyl groups is 1. The third-order valence-corrected chi connectivity index (χ3v) is 3.99. The molecule has 0 amide bonds. The van der Waals surface area contributed by atoms with Crippen molar-refractivity contribution in [3.05, 3.63) is 78.5 Å². The number of nitrogens with zero attached hydrogens (tertiary/aromatic N) is 2. The van der Waals surface area contributed by atoms with Gasteiger partial charge in [-0.2, -0.15) is 0 Å². The number of rotatable bonds is 2. The molecule has 2 aromatic carbocycles. The van der Waals surface area contributed by atoms with Crippen molar-refractivity contribution in [3.8, 4) is 5.69 Å². The Morgan fingerprint density at radius 3 is 2.65 bits per heavy atom. The number of fused-ring (bicyclic) bond motifs is 1. The Labute approximate surface area is 133 Å². The molecule has 0 bridgehead atoms. The molecule has 1 aliphatic rings. The summed E-state index contributed by atoms with van der Waals surface area (Å²) in [5.41, 5.74) is 8.06. The van der Waals surface area contributed by atoms with Crippen LogP contribution in [0.1, 0.15) is 5.56 Å². The first-order valence-electron chi connectivity index (χ1n) is 7.36. The van der Waals surface area contributed by atoms with Crippen LogP contribution in [0.5, 0.6) is 0 Å². The first-order valence-corrected chi connectivity index (χ1v) is 7.36. The third kappa shape index (κ3) is 2.10. The smallest absolute Gasteiger partial charge is 0.205 e. The first kappa shape index (κ1) is 13.6. The van der Waals surface area contributed by atoms with Crippen molar-refractivity contribution in [1.29, 1.82) is 0 Å². The molecule has 0 radical (unpaired) electrons. The molecule has 4 N–H and O–H groups in total. The van der Waals surface area contributed by atoms with Gasteiger partial charge in [-0.1, -0.05) is 36.4 Å². The van der Waals surface area contributed by atoms with Crippen LogP contribution in [-0.2, 0) is 5.72 Å². The minimum atomic E-state index is -1.29. The fourth-order valence-electron chi connectivity index (χ4n) is 2.93. The van der Waals surface area contributed by atoms with Crippen molar-refractivity contribution < 1.29 is 5.11 Å². The summed E-state index contributed by atoms with van der Waals surface area (Å²) in [6.07, 6.45) is 7.06. The largest absolute Gasteiger partial charge is 0.369 e. The molecule has 1 aliphatic heterocycles. The van der Waals surface area contributed by atoms with Gasteiger partial charge < -0.3 is 16.2 Å². The fraction of sp³-hybridized carbons (Fsp3) is 0.0556. The van der Waals surface area contributed by atoms with Crippen LogP contribution >= 0.6 is 0 Å². The van der Waals surface area contributed by atoms with Gasteiger partial charge in [-0.15, -0.1) is 0 Å². The molecule has 3 aromatic rings. The first-order chi connectivity index (χ1) is 11.2. The molecule has 0 aliphatic carbocycles. The molecule has 0 saturated heterocycles. The van der Waals surface area contributed by atoms with Crippen LogP contribution in [0.25, 0.3) is 16.7 Å². The van der Waals surface area contributed by atoms with Crippen LogP contribution in [0.4, 0.5) is 5.95 Å². The number of allylic oxidation sites excluding steroid dienone is 2. The van der Waals surface area contributed by atoms with E-state index < -0.39 is 5.72 Å². The van der Waals surface area contributed by atoms with Crippen molar-refractivity contribution in [3.63, 3.8) is 0 Å². The summed E-state index contributed by atoms with van der Waals surface area (Å²) in [5.74, 6) is 0.387. The minimum Gasteiger partial charge on any atom is -0.369 e. The lowest BCUT2D eigenvalue weighted by atomic mass is 9.98. The van der Waals surface area contributed by atoms with E-state index in [9.17, 15) is 5.11 Å². The Kier molecular flexibility index (Phi) is 2.96. The van der Waals surface area contributed by atoms with Gasteiger partial charge in [-0.05, 0) is 36.6 Å². The number of para-hydroxylation sites is 3. The van der Waals surface area contributed by atoms with Crippen molar-refractivity contribution in [2.75, 3.05) is 5.73 Å². The molecule has 0 saturated carbocycles. The molecule has 23 heavy (non-hydrogen) atoms. The standard InChI is InChI=1S/C18H16N4O/c19-17-21-14-8-2-4-10-16(14)22(17)15-9-3-1-7-13(15)18(23)11-5-6-12-20-18/h1-12,20,23H,(H2,19,21). The molecule has 2 heterocycles. The lowest BCUT2D eigenvalue weighted by Crippen LogP contribution is -2.39. The van der Waals surface area contributed by atoms with E-state index in [4.69, 9.17) is 5.73 Å². The Morgan fingerprint density at radius 2 is 1.83 bits per heavy atom. The summed E-state index contributed by atoms with van der Waals surface area (Å²) >= 11 is 0. The van der Waals surface area contributed by atoms with Crippen molar-refractivity contribution in [1.82, 2.24) is 14.9 Å². The van der Waals surface area contributed by atoms with Gasteiger partial charge in [-0.3, -0.25) is 4.57 Å². The van der Waals surface area contributed by atoms with Crippen molar-refractivity contribution in [2.45, 2.75) is 5.72 Å². The van der Waals surface area contributed by atoms with Gasteiger partial charge in [-0.25, -0.2) is 4.98 Å². The van der Waals surface area contributed by atoms with E-state index in [0.717, 1.165) is 16.7 Å². The lowest BCUT2D eigenvalue weighted by molar-refractivity contribution is 0.0653. The second-order valence-corrected chi connectivity index (χ2v) is 5.44. The summed E-state index contributed by atoms with van der Waals surface area (Å²) in [6.45, 7) is 0. The van der Waals surface area contributed by atoms with E-state index in [0.29, 0.717) is 11.5 Å². The molecular formula is C18H16N4O. The van der Waals surface area contributed by atoms with Crippen molar-refractivity contribution in [2.24, 2.45) is 0 Å². The maximum Gasteiger partial charge on any atom is 0.205 e. The van der Waals surface area contributed by atoms with E-state index >= 15 is 0 Å². The predicted molar refractivity (Wildman–Crippen MR) is 90.8 cm³/mol. The second kappa shape index (κ2) is 5.00. The van der Waals surface area contributed by atoms with E-state index in [2.05, 4.69) is 10.3 Å². The number of hydrogen-bond donors (Lipinski definition) is 3. The number of nitrogen functional groups attached to an aromatic ring is 1. The zero-order valence-electron chi connectivity index (χ0n) is 12.3. The van der Waals surface area contributed by atoms with Crippen LogP contribution in [0.15, 0.2) is 73.0 Å². The highest BCUT2D eigenvalue weighted by molar-refractivity contribution is 5.81. The number of nitrogens with two attached hydrogens (primary N) is 1. The quantitative estimate of drug-likeness (QED) is 0.679. The van der Waals surface area contributed by atoms with Crippen LogP contribution in [-0.4, -0.2) is 14.7 Å². The number of nitrogens with one attached hydrogen (secondary N) is 1. The van der Waals surface area contributed by atoms with Crippen LogP contribution in [0.2, 0.25) is 0 Å². The molecule has 1 unspecified atom stereocenters. The molecule has 0 fully saturated rings. The Bertz CT molecular complexity index is 941. The van der Waals surface area contributed by atoms with Crippen molar-refractivity contribution >= 4 is 17.0 Å². The van der Waals surface area contributed by atoms with Gasteiger partial charge in [0.1, 0.15) is 0 Å². The topological polar surface area (TPSA) is 76.1 Å². The summed E-state index contributed by atoms with van der Waals surface area (Å²) in [7, 11) is 0. The van der Waals surface area contributed by atoms with Gasteiger partial charge in [0.2, 0.25) is 5.95 Å². The molecular weight excluding hydrogens is 288 g/mol. The maximum atomic E-state index is 11.0. The number of imidazole rings is 1. The average molecular weight is 304 g/mol. The number of aromatic nitrogens is 2. The van der Waals surface area contributed by atoms with E-state index in [1.54, 1.807) is 12.3 Å². The fourth-order valence-corrected chi connectivity index (χ4v) is 2.93. The molecule has 4 rings (SSSR count). The monoisotopic (exact) mass is 304 g/mol. The zero-order chi connectivity index (χ0) is 15.9. The van der Waals surface area contributed by atoms with E-state index in [1.165, 1.54) is 0 Å². The minimum absolute atomic E-state index is 0.387. The number of benzene rings is 2.